The lowest BCUT2D eigenvalue weighted by molar-refractivity contribution is -0.133. The quantitative estimate of drug-likeness (QED) is 0.712. The summed E-state index contributed by atoms with van der Waals surface area (Å²) in [5.74, 6) is 1.90. The molecular weight excluding hydrogens is 390 g/mol. The molecule has 0 radical (unpaired) electrons. The van der Waals surface area contributed by atoms with Crippen LogP contribution in [0.5, 0.6) is 11.5 Å². The molecule has 1 amide bonds. The van der Waals surface area contributed by atoms with Crippen molar-refractivity contribution in [3.8, 4) is 11.5 Å². The fraction of sp³-hybridized carbons (Fsp3) is 0.480. The van der Waals surface area contributed by atoms with Gasteiger partial charge in [0.25, 0.3) is 0 Å². The van der Waals surface area contributed by atoms with E-state index in [4.69, 9.17) is 9.47 Å². The first-order chi connectivity index (χ1) is 15.1. The van der Waals surface area contributed by atoms with Gasteiger partial charge in [0.15, 0.2) is 0 Å². The molecular formula is C25H33N3O3. The molecule has 0 saturated carbocycles. The van der Waals surface area contributed by atoms with E-state index in [1.165, 1.54) is 11.3 Å². The van der Waals surface area contributed by atoms with Crippen LogP contribution >= 0.6 is 0 Å². The smallest absolute Gasteiger partial charge is 0.236 e. The first-order valence-electron chi connectivity index (χ1n) is 11.1. The Morgan fingerprint density at radius 1 is 1.00 bits per heavy atom. The summed E-state index contributed by atoms with van der Waals surface area (Å²) >= 11 is 0. The van der Waals surface area contributed by atoms with Crippen molar-refractivity contribution in [3.63, 3.8) is 0 Å². The van der Waals surface area contributed by atoms with Gasteiger partial charge in [-0.25, -0.2) is 0 Å². The van der Waals surface area contributed by atoms with Gasteiger partial charge in [-0.05, 0) is 62.2 Å². The number of carbonyl (C=O) groups is 1. The topological polar surface area (TPSA) is 45.3 Å². The van der Waals surface area contributed by atoms with E-state index in [1.807, 2.05) is 23.1 Å². The molecule has 0 bridgehead atoms. The second-order valence-electron chi connectivity index (χ2n) is 8.44. The average Bonchev–Trinajstić information content (AvgIpc) is 3.26. The van der Waals surface area contributed by atoms with Crippen LogP contribution in [0.25, 0.3) is 0 Å². The van der Waals surface area contributed by atoms with Crippen LogP contribution in [0.3, 0.4) is 0 Å². The predicted octanol–water partition coefficient (Wildman–Crippen LogP) is 3.50. The first kappa shape index (κ1) is 21.5. The molecule has 31 heavy (non-hydrogen) atoms. The van der Waals surface area contributed by atoms with Gasteiger partial charge in [0.05, 0.1) is 20.8 Å². The summed E-state index contributed by atoms with van der Waals surface area (Å²) in [5, 5.41) is 0. The lowest BCUT2D eigenvalue weighted by Crippen LogP contribution is -2.51. The summed E-state index contributed by atoms with van der Waals surface area (Å²) in [6.45, 7) is 6.80. The summed E-state index contributed by atoms with van der Waals surface area (Å²) < 4.78 is 11.0. The number of ether oxygens (including phenoxy) is 2. The van der Waals surface area contributed by atoms with Crippen LogP contribution in [0, 0.1) is 6.92 Å². The zero-order valence-electron chi connectivity index (χ0n) is 18.8. The predicted molar refractivity (Wildman–Crippen MR) is 123 cm³/mol. The normalized spacial score (nSPS) is 19.5. The van der Waals surface area contributed by atoms with E-state index in [-0.39, 0.29) is 11.9 Å². The number of carbonyl (C=O) groups excluding carboxylic acids is 1. The molecule has 0 N–H and O–H groups in total. The lowest BCUT2D eigenvalue weighted by atomic mass is 10.0. The van der Waals surface area contributed by atoms with Crippen LogP contribution in [0.2, 0.25) is 0 Å². The number of hydrogen-bond acceptors (Lipinski definition) is 5. The van der Waals surface area contributed by atoms with Gasteiger partial charge in [-0.2, -0.15) is 0 Å². The molecule has 2 fully saturated rings. The van der Waals surface area contributed by atoms with Crippen molar-refractivity contribution in [3.05, 3.63) is 53.6 Å². The van der Waals surface area contributed by atoms with Crippen LogP contribution in [0.1, 0.15) is 30.0 Å². The first-order valence-corrected chi connectivity index (χ1v) is 11.1. The van der Waals surface area contributed by atoms with Gasteiger partial charge in [0.1, 0.15) is 11.5 Å². The standard InChI is InChI=1S/C25H33N3O3/c1-19-6-4-7-20(16-19)26-12-14-27(15-13-26)25(29)18-28-11-5-8-23(28)22-17-21(30-2)9-10-24(22)31-3/h4,6-7,9-10,16-17,23H,5,8,11-15,18H2,1-3H3/t23-/m0/s1. The summed E-state index contributed by atoms with van der Waals surface area (Å²) in [6, 6.07) is 14.7. The van der Waals surface area contributed by atoms with Crippen molar-refractivity contribution in [2.24, 2.45) is 0 Å². The summed E-state index contributed by atoms with van der Waals surface area (Å²) in [4.78, 5) is 19.8. The number of anilines is 1. The van der Waals surface area contributed by atoms with Crippen LogP contribution < -0.4 is 14.4 Å². The molecule has 0 aromatic heterocycles. The van der Waals surface area contributed by atoms with E-state index in [2.05, 4.69) is 41.0 Å². The summed E-state index contributed by atoms with van der Waals surface area (Å²) in [5.41, 5.74) is 3.62. The number of aryl methyl sites for hydroxylation is 1. The molecule has 1 atom stereocenters. The number of likely N-dealkylation sites (tertiary alicyclic amines) is 1. The lowest BCUT2D eigenvalue weighted by Gasteiger charge is -2.37. The minimum atomic E-state index is 0.183. The van der Waals surface area contributed by atoms with Crippen LogP contribution in [0.15, 0.2) is 42.5 Å². The Labute approximate surface area is 185 Å². The van der Waals surface area contributed by atoms with E-state index in [9.17, 15) is 4.79 Å². The minimum absolute atomic E-state index is 0.183. The Balaban J connectivity index is 1.38. The number of rotatable bonds is 6. The van der Waals surface area contributed by atoms with Crippen LogP contribution in [-0.2, 0) is 4.79 Å². The molecule has 6 heteroatoms. The van der Waals surface area contributed by atoms with Crippen molar-refractivity contribution in [1.29, 1.82) is 0 Å². The van der Waals surface area contributed by atoms with Crippen molar-refractivity contribution < 1.29 is 14.3 Å². The van der Waals surface area contributed by atoms with Crippen molar-refractivity contribution in [2.75, 3.05) is 58.4 Å². The highest BCUT2D eigenvalue weighted by atomic mass is 16.5. The number of methoxy groups -OCH3 is 2. The summed E-state index contributed by atoms with van der Waals surface area (Å²) in [7, 11) is 3.38. The second kappa shape index (κ2) is 9.60. The fourth-order valence-electron chi connectivity index (χ4n) is 4.78. The Hall–Kier alpha value is -2.73. The average molecular weight is 424 g/mol. The van der Waals surface area contributed by atoms with E-state index in [1.54, 1.807) is 14.2 Å². The molecule has 2 aliphatic rings. The van der Waals surface area contributed by atoms with Crippen molar-refractivity contribution in [2.45, 2.75) is 25.8 Å². The number of piperazine rings is 1. The summed E-state index contributed by atoms with van der Waals surface area (Å²) in [6.07, 6.45) is 2.11. The Morgan fingerprint density at radius 2 is 1.81 bits per heavy atom. The van der Waals surface area contributed by atoms with Crippen molar-refractivity contribution >= 4 is 11.6 Å². The molecule has 2 aliphatic heterocycles. The second-order valence-corrected chi connectivity index (χ2v) is 8.44. The van der Waals surface area contributed by atoms with Gasteiger partial charge in [-0.3, -0.25) is 9.69 Å². The van der Waals surface area contributed by atoms with Crippen molar-refractivity contribution in [1.82, 2.24) is 9.80 Å². The molecule has 0 spiro atoms. The number of hydrogen-bond donors (Lipinski definition) is 0. The van der Waals surface area contributed by atoms with Gasteiger partial charge >= 0.3 is 0 Å². The fourth-order valence-corrected chi connectivity index (χ4v) is 4.78. The zero-order valence-corrected chi connectivity index (χ0v) is 18.8. The number of benzene rings is 2. The van der Waals surface area contributed by atoms with Gasteiger partial charge in [0, 0.05) is 43.5 Å². The zero-order chi connectivity index (χ0) is 21.8. The molecule has 166 valence electrons. The molecule has 2 heterocycles. The monoisotopic (exact) mass is 423 g/mol. The maximum absolute atomic E-state index is 13.1. The SMILES string of the molecule is COc1ccc(OC)c([C@@H]2CCCN2CC(=O)N2CCN(c3cccc(C)c3)CC2)c1. The van der Waals surface area contributed by atoms with E-state index in [0.717, 1.165) is 62.6 Å². The van der Waals surface area contributed by atoms with Gasteiger partial charge in [0.2, 0.25) is 5.91 Å². The highest BCUT2D eigenvalue weighted by molar-refractivity contribution is 5.78. The van der Waals surface area contributed by atoms with Gasteiger partial charge < -0.3 is 19.3 Å². The van der Waals surface area contributed by atoms with Crippen LogP contribution in [-0.4, -0.2) is 69.2 Å². The van der Waals surface area contributed by atoms with Gasteiger partial charge in [-0.1, -0.05) is 12.1 Å². The molecule has 4 rings (SSSR count). The maximum atomic E-state index is 13.1. The van der Waals surface area contributed by atoms with E-state index >= 15 is 0 Å². The highest BCUT2D eigenvalue weighted by Gasteiger charge is 2.32. The Morgan fingerprint density at radius 3 is 2.52 bits per heavy atom. The highest BCUT2D eigenvalue weighted by Crippen LogP contribution is 2.38. The number of nitrogens with zero attached hydrogens (tertiary/aromatic N) is 3. The van der Waals surface area contributed by atoms with Crippen LogP contribution in [0.4, 0.5) is 5.69 Å². The third kappa shape index (κ3) is 4.79. The van der Waals surface area contributed by atoms with E-state index < -0.39 is 0 Å². The molecule has 6 nitrogen and oxygen atoms in total. The molecule has 2 aromatic carbocycles. The Kier molecular flexibility index (Phi) is 6.66. The minimum Gasteiger partial charge on any atom is -0.497 e. The third-order valence-corrected chi connectivity index (χ3v) is 6.50. The molecule has 0 aliphatic carbocycles. The molecule has 2 saturated heterocycles. The van der Waals surface area contributed by atoms with Gasteiger partial charge in [-0.15, -0.1) is 0 Å². The molecule has 2 aromatic rings. The third-order valence-electron chi connectivity index (χ3n) is 6.50. The number of amides is 1. The molecule has 0 unspecified atom stereocenters. The largest absolute Gasteiger partial charge is 0.497 e. The van der Waals surface area contributed by atoms with E-state index in [0.29, 0.717) is 6.54 Å². The maximum Gasteiger partial charge on any atom is 0.236 e. The Bertz CT molecular complexity index is 909.